The molecule has 1 heterocycles. The Labute approximate surface area is 107 Å². The van der Waals surface area contributed by atoms with Gasteiger partial charge in [-0.25, -0.2) is 4.39 Å². The molecule has 0 bridgehead atoms. The van der Waals surface area contributed by atoms with Gasteiger partial charge in [0.15, 0.2) is 5.76 Å². The number of rotatable bonds is 3. The first kappa shape index (κ1) is 12.7. The fourth-order valence-corrected chi connectivity index (χ4v) is 1.55. The number of nitrogens with zero attached hydrogens (tertiary/aromatic N) is 1. The Bertz CT molecular complexity index is 631. The van der Waals surface area contributed by atoms with Crippen LogP contribution in [0.3, 0.4) is 0 Å². The molecule has 0 saturated heterocycles. The van der Waals surface area contributed by atoms with Crippen LogP contribution in [-0.2, 0) is 0 Å². The molecule has 0 aliphatic rings. The van der Waals surface area contributed by atoms with Gasteiger partial charge in [0, 0.05) is 5.69 Å². The number of carbonyl (C=O) groups is 1. The first-order valence-corrected chi connectivity index (χ1v) is 5.28. The van der Waals surface area contributed by atoms with Gasteiger partial charge in [-0.1, -0.05) is 0 Å². The summed E-state index contributed by atoms with van der Waals surface area (Å²) in [5.74, 6) is -1.91. The second kappa shape index (κ2) is 4.89. The highest BCUT2D eigenvalue weighted by molar-refractivity contribution is 6.02. The van der Waals surface area contributed by atoms with Crippen LogP contribution in [0.5, 0.6) is 0 Å². The normalized spacial score (nSPS) is 10.2. The van der Waals surface area contributed by atoms with E-state index in [9.17, 15) is 19.3 Å². The number of carbonyl (C=O) groups excluding carboxylic acids is 1. The molecule has 0 aliphatic heterocycles. The minimum Gasteiger partial charge on any atom is -0.395 e. The van der Waals surface area contributed by atoms with E-state index in [1.807, 2.05) is 0 Å². The summed E-state index contributed by atoms with van der Waals surface area (Å²) < 4.78 is 17.9. The lowest BCUT2D eigenvalue weighted by molar-refractivity contribution is -0.402. The van der Waals surface area contributed by atoms with E-state index in [1.54, 1.807) is 13.0 Å². The van der Waals surface area contributed by atoms with Crippen molar-refractivity contribution in [2.24, 2.45) is 0 Å². The summed E-state index contributed by atoms with van der Waals surface area (Å²) >= 11 is 0. The zero-order valence-corrected chi connectivity index (χ0v) is 9.84. The van der Waals surface area contributed by atoms with E-state index < -0.39 is 22.5 Å². The highest BCUT2D eigenvalue weighted by atomic mass is 19.1. The molecule has 0 fully saturated rings. The summed E-state index contributed by atoms with van der Waals surface area (Å²) in [4.78, 5) is 21.4. The van der Waals surface area contributed by atoms with Crippen molar-refractivity contribution in [3.05, 3.63) is 57.6 Å². The Hall–Kier alpha value is -2.70. The molecule has 6 nitrogen and oxygen atoms in total. The molecule has 0 radical (unpaired) electrons. The Morgan fingerprint density at radius 1 is 1.37 bits per heavy atom. The SMILES string of the molecule is Cc1cc(F)cc(NC(=O)c2ccc([N+](=O)[O-])o2)c1. The monoisotopic (exact) mass is 264 g/mol. The van der Waals surface area contributed by atoms with E-state index in [-0.39, 0.29) is 11.4 Å². The molecule has 1 aromatic heterocycles. The molecule has 19 heavy (non-hydrogen) atoms. The molecule has 1 amide bonds. The van der Waals surface area contributed by atoms with Gasteiger partial charge in [0.05, 0.1) is 6.07 Å². The molecule has 7 heteroatoms. The zero-order valence-electron chi connectivity index (χ0n) is 9.84. The van der Waals surface area contributed by atoms with E-state index >= 15 is 0 Å². The van der Waals surface area contributed by atoms with Gasteiger partial charge in [0.2, 0.25) is 0 Å². The Morgan fingerprint density at radius 3 is 2.68 bits per heavy atom. The number of nitrogens with one attached hydrogen (secondary N) is 1. The molecule has 0 atom stereocenters. The zero-order chi connectivity index (χ0) is 14.0. The molecule has 1 N–H and O–H groups in total. The van der Waals surface area contributed by atoms with Crippen LogP contribution in [0.15, 0.2) is 34.7 Å². The number of halogens is 1. The van der Waals surface area contributed by atoms with E-state index in [1.165, 1.54) is 12.1 Å². The van der Waals surface area contributed by atoms with Crippen molar-refractivity contribution < 1.29 is 18.5 Å². The number of hydrogen-bond donors (Lipinski definition) is 1. The predicted octanol–water partition coefficient (Wildman–Crippen LogP) is 2.89. The van der Waals surface area contributed by atoms with Gasteiger partial charge in [-0.15, -0.1) is 0 Å². The lowest BCUT2D eigenvalue weighted by Gasteiger charge is -2.04. The summed E-state index contributed by atoms with van der Waals surface area (Å²) in [5.41, 5.74) is 0.891. The van der Waals surface area contributed by atoms with Crippen molar-refractivity contribution in [3.8, 4) is 0 Å². The third-order valence-corrected chi connectivity index (χ3v) is 2.30. The smallest absolute Gasteiger partial charge is 0.395 e. The number of benzene rings is 1. The standard InChI is InChI=1S/C12H9FN2O4/c1-7-4-8(13)6-9(5-7)14-12(16)10-2-3-11(19-10)15(17)18/h2-6H,1H3,(H,14,16). The number of nitro groups is 1. The van der Waals surface area contributed by atoms with Crippen LogP contribution in [0.1, 0.15) is 16.1 Å². The van der Waals surface area contributed by atoms with Crippen molar-refractivity contribution in [3.63, 3.8) is 0 Å². The summed E-state index contributed by atoms with van der Waals surface area (Å²) in [6.45, 7) is 1.68. The average molecular weight is 264 g/mol. The Balaban J connectivity index is 2.18. The minimum absolute atomic E-state index is 0.214. The summed E-state index contributed by atoms with van der Waals surface area (Å²) in [7, 11) is 0. The molecule has 2 aromatic rings. The second-order valence-corrected chi connectivity index (χ2v) is 3.87. The van der Waals surface area contributed by atoms with Gasteiger partial charge in [-0.3, -0.25) is 14.9 Å². The van der Waals surface area contributed by atoms with Crippen LogP contribution in [0.4, 0.5) is 16.0 Å². The number of anilines is 1. The van der Waals surface area contributed by atoms with Gasteiger partial charge in [0.1, 0.15) is 10.7 Å². The van der Waals surface area contributed by atoms with Crippen LogP contribution in [0.2, 0.25) is 0 Å². The molecule has 0 saturated carbocycles. The largest absolute Gasteiger partial charge is 0.433 e. The molecule has 98 valence electrons. The molecule has 0 unspecified atom stereocenters. The van der Waals surface area contributed by atoms with E-state index in [2.05, 4.69) is 5.32 Å². The van der Waals surface area contributed by atoms with Crippen molar-refractivity contribution in [1.82, 2.24) is 0 Å². The maximum absolute atomic E-state index is 13.1. The summed E-state index contributed by atoms with van der Waals surface area (Å²) in [6.07, 6.45) is 0. The number of aryl methyl sites for hydroxylation is 1. The lowest BCUT2D eigenvalue weighted by atomic mass is 10.2. The predicted molar refractivity (Wildman–Crippen MR) is 64.5 cm³/mol. The number of hydrogen-bond acceptors (Lipinski definition) is 4. The van der Waals surface area contributed by atoms with Gasteiger partial charge < -0.3 is 9.73 Å². The van der Waals surface area contributed by atoms with Crippen LogP contribution in [0, 0.1) is 22.9 Å². The van der Waals surface area contributed by atoms with Crippen molar-refractivity contribution in [2.45, 2.75) is 6.92 Å². The van der Waals surface area contributed by atoms with Gasteiger partial charge in [-0.2, -0.15) is 0 Å². The van der Waals surface area contributed by atoms with Gasteiger partial charge in [-0.05, 0) is 36.8 Å². The summed E-state index contributed by atoms with van der Waals surface area (Å²) in [6, 6.07) is 6.28. The topological polar surface area (TPSA) is 85.4 Å². The fourth-order valence-electron chi connectivity index (χ4n) is 1.55. The van der Waals surface area contributed by atoms with Crippen LogP contribution < -0.4 is 5.32 Å². The maximum atomic E-state index is 13.1. The van der Waals surface area contributed by atoms with Crippen LogP contribution in [0.25, 0.3) is 0 Å². The number of furan rings is 1. The van der Waals surface area contributed by atoms with E-state index in [0.29, 0.717) is 5.56 Å². The molecule has 0 spiro atoms. The van der Waals surface area contributed by atoms with E-state index in [4.69, 9.17) is 4.42 Å². The van der Waals surface area contributed by atoms with Crippen LogP contribution >= 0.6 is 0 Å². The Morgan fingerprint density at radius 2 is 2.11 bits per heavy atom. The second-order valence-electron chi connectivity index (χ2n) is 3.87. The van der Waals surface area contributed by atoms with Crippen LogP contribution in [-0.4, -0.2) is 10.8 Å². The van der Waals surface area contributed by atoms with Crippen molar-refractivity contribution in [1.29, 1.82) is 0 Å². The highest BCUT2D eigenvalue weighted by Gasteiger charge is 2.17. The van der Waals surface area contributed by atoms with Crippen molar-refractivity contribution >= 4 is 17.5 Å². The van der Waals surface area contributed by atoms with Crippen molar-refractivity contribution in [2.75, 3.05) is 5.32 Å². The fraction of sp³-hybridized carbons (Fsp3) is 0.0833. The molecular weight excluding hydrogens is 255 g/mol. The number of amides is 1. The average Bonchev–Trinajstić information content (AvgIpc) is 2.76. The quantitative estimate of drug-likeness (QED) is 0.682. The maximum Gasteiger partial charge on any atom is 0.433 e. The summed E-state index contributed by atoms with van der Waals surface area (Å²) in [5, 5.41) is 12.8. The molecule has 0 aliphatic carbocycles. The van der Waals surface area contributed by atoms with E-state index in [0.717, 1.165) is 12.1 Å². The van der Waals surface area contributed by atoms with Gasteiger partial charge >= 0.3 is 5.88 Å². The Kier molecular flexibility index (Phi) is 3.28. The molecular formula is C12H9FN2O4. The first-order valence-electron chi connectivity index (χ1n) is 5.28. The lowest BCUT2D eigenvalue weighted by Crippen LogP contribution is -2.11. The molecule has 2 rings (SSSR count). The third kappa shape index (κ3) is 2.95. The first-order chi connectivity index (χ1) is 8.95. The van der Waals surface area contributed by atoms with Gasteiger partial charge in [0.25, 0.3) is 5.91 Å². The minimum atomic E-state index is -0.747. The third-order valence-electron chi connectivity index (χ3n) is 2.30. The highest BCUT2D eigenvalue weighted by Crippen LogP contribution is 2.18. The molecule has 1 aromatic carbocycles.